The first-order valence-electron chi connectivity index (χ1n) is 7.81. The summed E-state index contributed by atoms with van der Waals surface area (Å²) < 4.78 is 29.3. The molecule has 1 fully saturated rings. The standard InChI is InChI=1S/C14H26N4O2S/c1-3-9-18-10-13(14(15)16-18)21(19,20)17-12-7-5-11(4-2)6-8-12/h10-12,17H,3-9H2,1-2H3,(H2,15,16). The molecule has 0 unspecified atom stereocenters. The summed E-state index contributed by atoms with van der Waals surface area (Å²) >= 11 is 0. The largest absolute Gasteiger partial charge is 0.381 e. The fraction of sp³-hybridized carbons (Fsp3) is 0.786. The van der Waals surface area contributed by atoms with Gasteiger partial charge in [-0.1, -0.05) is 20.3 Å². The second kappa shape index (κ2) is 6.79. The lowest BCUT2D eigenvalue weighted by Gasteiger charge is -2.28. The third kappa shape index (κ3) is 3.97. The van der Waals surface area contributed by atoms with Gasteiger partial charge in [0.2, 0.25) is 10.0 Å². The lowest BCUT2D eigenvalue weighted by atomic mass is 9.85. The Labute approximate surface area is 127 Å². The zero-order valence-electron chi connectivity index (χ0n) is 12.9. The number of hydrogen-bond donors (Lipinski definition) is 2. The quantitative estimate of drug-likeness (QED) is 0.841. The Kier molecular flexibility index (Phi) is 5.27. The number of hydrogen-bond acceptors (Lipinski definition) is 4. The predicted octanol–water partition coefficient (Wildman–Crippen LogP) is 2.12. The highest BCUT2D eigenvalue weighted by Crippen LogP contribution is 2.28. The van der Waals surface area contributed by atoms with E-state index >= 15 is 0 Å². The monoisotopic (exact) mass is 314 g/mol. The van der Waals surface area contributed by atoms with Gasteiger partial charge < -0.3 is 5.73 Å². The highest BCUT2D eigenvalue weighted by molar-refractivity contribution is 7.89. The minimum Gasteiger partial charge on any atom is -0.381 e. The smallest absolute Gasteiger partial charge is 0.246 e. The number of sulfonamides is 1. The van der Waals surface area contributed by atoms with Crippen LogP contribution in [-0.2, 0) is 16.6 Å². The van der Waals surface area contributed by atoms with Gasteiger partial charge in [-0.05, 0) is 38.0 Å². The van der Waals surface area contributed by atoms with Crippen LogP contribution < -0.4 is 10.5 Å². The van der Waals surface area contributed by atoms with Gasteiger partial charge in [0.05, 0.1) is 0 Å². The first-order valence-corrected chi connectivity index (χ1v) is 9.29. The van der Waals surface area contributed by atoms with E-state index in [1.807, 2.05) is 6.92 Å². The number of aromatic nitrogens is 2. The lowest BCUT2D eigenvalue weighted by Crippen LogP contribution is -2.37. The van der Waals surface area contributed by atoms with Gasteiger partial charge in [0.15, 0.2) is 5.82 Å². The van der Waals surface area contributed by atoms with Crippen molar-refractivity contribution in [2.24, 2.45) is 5.92 Å². The normalized spacial score (nSPS) is 23.3. The lowest BCUT2D eigenvalue weighted by molar-refractivity contribution is 0.306. The molecule has 0 amide bonds. The van der Waals surface area contributed by atoms with E-state index in [0.29, 0.717) is 6.54 Å². The molecular formula is C14H26N4O2S. The van der Waals surface area contributed by atoms with Crippen molar-refractivity contribution in [1.29, 1.82) is 0 Å². The molecule has 0 saturated heterocycles. The Balaban J connectivity index is 2.05. The van der Waals surface area contributed by atoms with E-state index < -0.39 is 10.0 Å². The highest BCUT2D eigenvalue weighted by Gasteiger charge is 2.27. The molecule has 1 aliphatic carbocycles. The van der Waals surface area contributed by atoms with Crippen molar-refractivity contribution in [1.82, 2.24) is 14.5 Å². The molecule has 1 heterocycles. The average Bonchev–Trinajstić information content (AvgIpc) is 2.81. The van der Waals surface area contributed by atoms with Crippen molar-refractivity contribution in [3.8, 4) is 0 Å². The van der Waals surface area contributed by atoms with E-state index in [1.165, 1.54) is 12.6 Å². The minimum absolute atomic E-state index is 0.0201. The van der Waals surface area contributed by atoms with Crippen LogP contribution in [0.1, 0.15) is 52.4 Å². The fourth-order valence-electron chi connectivity index (χ4n) is 2.94. The van der Waals surface area contributed by atoms with E-state index in [-0.39, 0.29) is 16.8 Å². The zero-order chi connectivity index (χ0) is 15.5. The molecule has 21 heavy (non-hydrogen) atoms. The first kappa shape index (κ1) is 16.3. The van der Waals surface area contributed by atoms with E-state index in [4.69, 9.17) is 5.73 Å². The third-order valence-electron chi connectivity index (χ3n) is 4.24. The highest BCUT2D eigenvalue weighted by atomic mass is 32.2. The Morgan fingerprint density at radius 3 is 2.57 bits per heavy atom. The van der Waals surface area contributed by atoms with Crippen LogP contribution in [0, 0.1) is 5.92 Å². The SMILES string of the molecule is CCCn1cc(S(=O)(=O)NC2CCC(CC)CC2)c(N)n1. The van der Waals surface area contributed by atoms with Gasteiger partial charge in [-0.3, -0.25) is 4.68 Å². The Morgan fingerprint density at radius 2 is 2.00 bits per heavy atom. The topological polar surface area (TPSA) is 90.0 Å². The van der Waals surface area contributed by atoms with Crippen molar-refractivity contribution in [3.05, 3.63) is 6.20 Å². The molecule has 1 aromatic rings. The van der Waals surface area contributed by atoms with Gasteiger partial charge in [-0.25, -0.2) is 13.1 Å². The van der Waals surface area contributed by atoms with Crippen LogP contribution in [0.4, 0.5) is 5.82 Å². The molecule has 3 N–H and O–H groups in total. The average molecular weight is 314 g/mol. The van der Waals surface area contributed by atoms with Crippen LogP contribution in [-0.4, -0.2) is 24.2 Å². The number of nitrogens with one attached hydrogen (secondary N) is 1. The predicted molar refractivity (Wildman–Crippen MR) is 83.3 cm³/mol. The number of aryl methyl sites for hydroxylation is 1. The van der Waals surface area contributed by atoms with Crippen LogP contribution in [0.2, 0.25) is 0 Å². The maximum atomic E-state index is 12.4. The molecule has 120 valence electrons. The van der Waals surface area contributed by atoms with Gasteiger partial charge >= 0.3 is 0 Å². The van der Waals surface area contributed by atoms with Crippen LogP contribution in [0.5, 0.6) is 0 Å². The maximum Gasteiger partial charge on any atom is 0.246 e. The van der Waals surface area contributed by atoms with E-state index in [1.54, 1.807) is 4.68 Å². The molecule has 0 bridgehead atoms. The molecule has 7 heteroatoms. The van der Waals surface area contributed by atoms with Gasteiger partial charge in [0.25, 0.3) is 0 Å². The summed E-state index contributed by atoms with van der Waals surface area (Å²) in [5.41, 5.74) is 5.76. The number of anilines is 1. The van der Waals surface area contributed by atoms with Crippen LogP contribution >= 0.6 is 0 Å². The summed E-state index contributed by atoms with van der Waals surface area (Å²) in [6, 6.07) is 0.0201. The summed E-state index contributed by atoms with van der Waals surface area (Å²) in [6.45, 7) is 4.87. The molecule has 0 aromatic carbocycles. The third-order valence-corrected chi connectivity index (χ3v) is 5.78. The molecule has 1 aromatic heterocycles. The van der Waals surface area contributed by atoms with Crippen LogP contribution in [0.3, 0.4) is 0 Å². The summed E-state index contributed by atoms with van der Waals surface area (Å²) in [4.78, 5) is 0.105. The van der Waals surface area contributed by atoms with E-state index in [2.05, 4.69) is 16.7 Å². The summed E-state index contributed by atoms with van der Waals surface area (Å²) in [5, 5.41) is 4.06. The van der Waals surface area contributed by atoms with Crippen LogP contribution in [0.15, 0.2) is 11.1 Å². The molecule has 2 rings (SSSR count). The summed E-state index contributed by atoms with van der Waals surface area (Å²) in [7, 11) is -3.57. The molecule has 0 spiro atoms. The van der Waals surface area contributed by atoms with Gasteiger partial charge in [-0.2, -0.15) is 5.10 Å². The second-order valence-corrected chi connectivity index (χ2v) is 7.57. The van der Waals surface area contributed by atoms with Crippen molar-refractivity contribution >= 4 is 15.8 Å². The maximum absolute atomic E-state index is 12.4. The molecule has 1 saturated carbocycles. The van der Waals surface area contributed by atoms with Gasteiger partial charge in [-0.15, -0.1) is 0 Å². The summed E-state index contributed by atoms with van der Waals surface area (Å²) in [5.74, 6) is 0.821. The van der Waals surface area contributed by atoms with Crippen molar-refractivity contribution in [2.75, 3.05) is 5.73 Å². The fourth-order valence-corrected chi connectivity index (χ4v) is 4.32. The van der Waals surface area contributed by atoms with E-state index in [0.717, 1.165) is 38.0 Å². The van der Waals surface area contributed by atoms with Crippen molar-refractivity contribution in [3.63, 3.8) is 0 Å². The molecule has 6 nitrogen and oxygen atoms in total. The molecule has 0 radical (unpaired) electrons. The van der Waals surface area contributed by atoms with Gasteiger partial charge in [0, 0.05) is 18.8 Å². The zero-order valence-corrected chi connectivity index (χ0v) is 13.7. The van der Waals surface area contributed by atoms with Crippen LogP contribution in [0.25, 0.3) is 0 Å². The Hall–Kier alpha value is -1.08. The van der Waals surface area contributed by atoms with Crippen molar-refractivity contribution in [2.45, 2.75) is 69.9 Å². The number of rotatable bonds is 6. The number of nitrogen functional groups attached to an aromatic ring is 1. The van der Waals surface area contributed by atoms with Gasteiger partial charge in [0.1, 0.15) is 4.90 Å². The molecular weight excluding hydrogens is 288 g/mol. The molecule has 1 aliphatic rings. The molecule has 0 atom stereocenters. The number of nitrogens with two attached hydrogens (primary N) is 1. The first-order chi connectivity index (χ1) is 9.96. The molecule has 0 aliphatic heterocycles. The minimum atomic E-state index is -3.57. The second-order valence-electron chi connectivity index (χ2n) is 5.89. The van der Waals surface area contributed by atoms with Crippen molar-refractivity contribution < 1.29 is 8.42 Å². The van der Waals surface area contributed by atoms with E-state index in [9.17, 15) is 8.42 Å². The summed E-state index contributed by atoms with van der Waals surface area (Å²) in [6.07, 6.45) is 7.58. The Bertz CT molecular complexity index is 560. The number of nitrogens with zero attached hydrogens (tertiary/aromatic N) is 2. The Morgan fingerprint density at radius 1 is 1.33 bits per heavy atom.